The molecule has 0 aliphatic carbocycles. The number of pyridine rings is 1. The van der Waals surface area contributed by atoms with Gasteiger partial charge in [-0.2, -0.15) is 0 Å². The minimum atomic E-state index is -0.437. The molecule has 2 amide bonds. The van der Waals surface area contributed by atoms with Gasteiger partial charge in [-0.1, -0.05) is 6.07 Å². The summed E-state index contributed by atoms with van der Waals surface area (Å²) >= 11 is 0. The van der Waals surface area contributed by atoms with E-state index in [2.05, 4.69) is 10.3 Å². The molecule has 1 aliphatic rings. The lowest BCUT2D eigenvalue weighted by molar-refractivity contribution is 0.0718. The minimum Gasteiger partial charge on any atom is -0.493 e. The van der Waals surface area contributed by atoms with Crippen molar-refractivity contribution in [3.8, 4) is 17.2 Å². The number of hydrogen-bond donors (Lipinski definition) is 1. The van der Waals surface area contributed by atoms with Gasteiger partial charge in [0.15, 0.2) is 11.5 Å². The van der Waals surface area contributed by atoms with Crippen LogP contribution in [0, 0.1) is 0 Å². The van der Waals surface area contributed by atoms with Crippen LogP contribution in [0.25, 0.3) is 0 Å². The first-order valence-electron chi connectivity index (χ1n) is 9.45. The molecule has 0 spiro atoms. The van der Waals surface area contributed by atoms with Gasteiger partial charge in [0.2, 0.25) is 5.75 Å². The van der Waals surface area contributed by atoms with Crippen molar-refractivity contribution in [1.29, 1.82) is 0 Å². The van der Waals surface area contributed by atoms with Crippen LogP contribution in [0.4, 0.5) is 5.69 Å². The first-order chi connectivity index (χ1) is 14.1. The highest BCUT2D eigenvalue weighted by atomic mass is 16.5. The van der Waals surface area contributed by atoms with E-state index < -0.39 is 5.91 Å². The standard InChI is InChI=1S/C21H25N3O5/c1-27-17-12-14(13-18(28-2)19(17)29-3)22-20(25)15-8-7-9-16(23-15)21(26)24-10-5-4-6-11-24/h7-9,12-13H,4-6,10-11H2,1-3H3,(H,22,25). The molecule has 1 aromatic heterocycles. The minimum absolute atomic E-state index is 0.146. The molecule has 0 saturated carbocycles. The number of piperidine rings is 1. The molecule has 154 valence electrons. The third-order valence-electron chi connectivity index (χ3n) is 4.77. The summed E-state index contributed by atoms with van der Waals surface area (Å²) in [7, 11) is 4.51. The number of benzene rings is 1. The van der Waals surface area contributed by atoms with Gasteiger partial charge in [-0.15, -0.1) is 0 Å². The molecule has 0 bridgehead atoms. The van der Waals surface area contributed by atoms with Crippen molar-refractivity contribution in [1.82, 2.24) is 9.88 Å². The highest BCUT2D eigenvalue weighted by Gasteiger charge is 2.21. The Hall–Kier alpha value is -3.29. The summed E-state index contributed by atoms with van der Waals surface area (Å²) in [6.07, 6.45) is 3.12. The number of likely N-dealkylation sites (tertiary alicyclic amines) is 1. The summed E-state index contributed by atoms with van der Waals surface area (Å²) in [6.45, 7) is 1.45. The van der Waals surface area contributed by atoms with Gasteiger partial charge in [0, 0.05) is 30.9 Å². The van der Waals surface area contributed by atoms with E-state index in [4.69, 9.17) is 14.2 Å². The van der Waals surface area contributed by atoms with Gasteiger partial charge in [-0.25, -0.2) is 4.98 Å². The fourth-order valence-electron chi connectivity index (χ4n) is 3.29. The van der Waals surface area contributed by atoms with Crippen LogP contribution in [0.1, 0.15) is 40.2 Å². The Kier molecular flexibility index (Phi) is 6.54. The Morgan fingerprint density at radius 3 is 2.14 bits per heavy atom. The fraction of sp³-hybridized carbons (Fsp3) is 0.381. The average molecular weight is 399 g/mol. The Bertz CT molecular complexity index is 869. The maximum atomic E-state index is 12.7. The maximum Gasteiger partial charge on any atom is 0.274 e. The van der Waals surface area contributed by atoms with Crippen LogP contribution in [0.5, 0.6) is 17.2 Å². The van der Waals surface area contributed by atoms with Crippen molar-refractivity contribution < 1.29 is 23.8 Å². The quantitative estimate of drug-likeness (QED) is 0.803. The Morgan fingerprint density at radius 1 is 0.931 bits per heavy atom. The SMILES string of the molecule is COc1cc(NC(=O)c2cccc(C(=O)N3CCCCC3)n2)cc(OC)c1OC. The van der Waals surface area contributed by atoms with Gasteiger partial charge in [0.05, 0.1) is 21.3 Å². The number of anilines is 1. The van der Waals surface area contributed by atoms with Gasteiger partial charge in [-0.3, -0.25) is 9.59 Å². The summed E-state index contributed by atoms with van der Waals surface area (Å²) in [6, 6.07) is 8.12. The molecule has 8 nitrogen and oxygen atoms in total. The lowest BCUT2D eigenvalue weighted by atomic mass is 10.1. The summed E-state index contributed by atoms with van der Waals surface area (Å²) in [4.78, 5) is 31.4. The Balaban J connectivity index is 1.80. The van der Waals surface area contributed by atoms with Crippen molar-refractivity contribution in [3.63, 3.8) is 0 Å². The number of nitrogens with zero attached hydrogens (tertiary/aromatic N) is 2. The summed E-state index contributed by atoms with van der Waals surface area (Å²) in [5, 5.41) is 2.76. The molecule has 2 heterocycles. The smallest absolute Gasteiger partial charge is 0.274 e. The molecule has 0 unspecified atom stereocenters. The number of amides is 2. The lowest BCUT2D eigenvalue weighted by Crippen LogP contribution is -2.36. The van der Waals surface area contributed by atoms with Crippen molar-refractivity contribution in [2.45, 2.75) is 19.3 Å². The number of rotatable bonds is 6. The number of carbonyl (C=O) groups excluding carboxylic acids is 2. The molecule has 3 rings (SSSR count). The van der Waals surface area contributed by atoms with E-state index in [9.17, 15) is 9.59 Å². The van der Waals surface area contributed by atoms with Crippen molar-refractivity contribution >= 4 is 17.5 Å². The number of hydrogen-bond acceptors (Lipinski definition) is 6. The number of ether oxygens (including phenoxy) is 3. The number of carbonyl (C=O) groups is 2. The second-order valence-electron chi connectivity index (χ2n) is 6.63. The van der Waals surface area contributed by atoms with Crippen molar-refractivity contribution in [2.75, 3.05) is 39.7 Å². The molecule has 1 fully saturated rings. The monoisotopic (exact) mass is 399 g/mol. The number of methoxy groups -OCH3 is 3. The highest BCUT2D eigenvalue weighted by molar-refractivity contribution is 6.04. The van der Waals surface area contributed by atoms with E-state index in [0.717, 1.165) is 32.4 Å². The average Bonchev–Trinajstić information content (AvgIpc) is 2.78. The third kappa shape index (κ3) is 4.59. The van der Waals surface area contributed by atoms with Crippen LogP contribution < -0.4 is 19.5 Å². The molecule has 1 N–H and O–H groups in total. The van der Waals surface area contributed by atoms with Crippen LogP contribution in [0.3, 0.4) is 0 Å². The Labute approximate surface area is 169 Å². The van der Waals surface area contributed by atoms with Gasteiger partial charge in [0.25, 0.3) is 11.8 Å². The zero-order chi connectivity index (χ0) is 20.8. The number of nitrogens with one attached hydrogen (secondary N) is 1. The van der Waals surface area contributed by atoms with Gasteiger partial charge < -0.3 is 24.4 Å². The fourth-order valence-corrected chi connectivity index (χ4v) is 3.29. The van der Waals surface area contributed by atoms with Crippen LogP contribution in [0.2, 0.25) is 0 Å². The molecule has 1 saturated heterocycles. The first kappa shape index (κ1) is 20.4. The largest absolute Gasteiger partial charge is 0.493 e. The molecule has 2 aromatic rings. The molecule has 0 radical (unpaired) electrons. The second-order valence-corrected chi connectivity index (χ2v) is 6.63. The van der Waals surface area contributed by atoms with Crippen LogP contribution in [-0.4, -0.2) is 56.1 Å². The van der Waals surface area contributed by atoms with E-state index >= 15 is 0 Å². The van der Waals surface area contributed by atoms with Crippen molar-refractivity contribution in [2.24, 2.45) is 0 Å². The summed E-state index contributed by atoms with van der Waals surface area (Å²) in [5.41, 5.74) is 0.880. The summed E-state index contributed by atoms with van der Waals surface area (Å²) < 4.78 is 15.9. The van der Waals surface area contributed by atoms with Gasteiger partial charge >= 0.3 is 0 Å². The maximum absolute atomic E-state index is 12.7. The van der Waals surface area contributed by atoms with Crippen LogP contribution in [-0.2, 0) is 0 Å². The van der Waals surface area contributed by atoms with E-state index in [-0.39, 0.29) is 17.3 Å². The molecular formula is C21H25N3O5. The first-order valence-corrected chi connectivity index (χ1v) is 9.45. The van der Waals surface area contributed by atoms with Crippen molar-refractivity contribution in [3.05, 3.63) is 41.7 Å². The van der Waals surface area contributed by atoms with E-state index in [1.54, 1.807) is 35.2 Å². The predicted octanol–water partition coefficient (Wildman–Crippen LogP) is 2.99. The van der Waals surface area contributed by atoms with Crippen LogP contribution >= 0.6 is 0 Å². The van der Waals surface area contributed by atoms with E-state index in [0.29, 0.717) is 22.9 Å². The van der Waals surface area contributed by atoms with E-state index in [1.807, 2.05) is 0 Å². The summed E-state index contributed by atoms with van der Waals surface area (Å²) in [5.74, 6) is 0.688. The molecule has 1 aliphatic heterocycles. The third-order valence-corrected chi connectivity index (χ3v) is 4.77. The van der Waals surface area contributed by atoms with Crippen LogP contribution in [0.15, 0.2) is 30.3 Å². The zero-order valence-corrected chi connectivity index (χ0v) is 16.9. The highest BCUT2D eigenvalue weighted by Crippen LogP contribution is 2.40. The van der Waals surface area contributed by atoms with Gasteiger partial charge in [0.1, 0.15) is 11.4 Å². The molecular weight excluding hydrogens is 374 g/mol. The molecule has 1 aromatic carbocycles. The normalized spacial score (nSPS) is 13.6. The molecule has 0 atom stereocenters. The number of aromatic nitrogens is 1. The lowest BCUT2D eigenvalue weighted by Gasteiger charge is -2.26. The topological polar surface area (TPSA) is 90.0 Å². The second kappa shape index (κ2) is 9.27. The predicted molar refractivity (Wildman–Crippen MR) is 108 cm³/mol. The van der Waals surface area contributed by atoms with Gasteiger partial charge in [-0.05, 0) is 31.4 Å². The molecule has 29 heavy (non-hydrogen) atoms. The Morgan fingerprint density at radius 2 is 1.55 bits per heavy atom. The van der Waals surface area contributed by atoms with E-state index in [1.165, 1.54) is 21.3 Å². The molecule has 8 heteroatoms. The zero-order valence-electron chi connectivity index (χ0n) is 16.9.